The fourth-order valence-corrected chi connectivity index (χ4v) is 4.21. The zero-order valence-corrected chi connectivity index (χ0v) is 18.7. The summed E-state index contributed by atoms with van der Waals surface area (Å²) < 4.78 is 16.6. The number of carbonyl (C=O) groups is 1. The van der Waals surface area contributed by atoms with Gasteiger partial charge >= 0.3 is 5.97 Å². The third-order valence-electron chi connectivity index (χ3n) is 5.39. The van der Waals surface area contributed by atoms with Gasteiger partial charge in [-0.15, -0.1) is 0 Å². The van der Waals surface area contributed by atoms with Crippen LogP contribution in [0.5, 0.6) is 5.88 Å². The SMILES string of the molecule is CCOC(=O)CC1CC=C(c2cccc(OCc3ccc(Cl)c4cc(Cl)oc34)n2)CC1. The molecule has 1 atom stereocenters. The fourth-order valence-electron chi connectivity index (χ4n) is 3.82. The number of hydrogen-bond donors (Lipinski definition) is 0. The van der Waals surface area contributed by atoms with Crippen LogP contribution in [0.4, 0.5) is 0 Å². The molecule has 0 aliphatic heterocycles. The predicted molar refractivity (Wildman–Crippen MR) is 121 cm³/mol. The Bertz CT molecular complexity index is 1120. The van der Waals surface area contributed by atoms with Crippen LogP contribution in [-0.4, -0.2) is 17.6 Å². The van der Waals surface area contributed by atoms with Gasteiger partial charge < -0.3 is 13.9 Å². The van der Waals surface area contributed by atoms with E-state index in [0.29, 0.717) is 35.4 Å². The molecule has 2 aromatic heterocycles. The van der Waals surface area contributed by atoms with Crippen LogP contribution < -0.4 is 4.74 Å². The van der Waals surface area contributed by atoms with Crippen molar-refractivity contribution in [3.05, 3.63) is 64.0 Å². The van der Waals surface area contributed by atoms with Crippen LogP contribution in [0.1, 0.15) is 43.9 Å². The molecular weight excluding hydrogens is 437 g/mol. The number of rotatable bonds is 7. The second-order valence-electron chi connectivity index (χ2n) is 7.53. The highest BCUT2D eigenvalue weighted by Crippen LogP contribution is 2.33. The van der Waals surface area contributed by atoms with Crippen molar-refractivity contribution < 1.29 is 18.7 Å². The second kappa shape index (κ2) is 9.75. The zero-order valence-electron chi connectivity index (χ0n) is 17.2. The van der Waals surface area contributed by atoms with Crippen molar-refractivity contribution in [2.24, 2.45) is 5.92 Å². The molecule has 7 heteroatoms. The summed E-state index contributed by atoms with van der Waals surface area (Å²) in [6.07, 6.45) is 5.32. The molecule has 0 bridgehead atoms. The smallest absolute Gasteiger partial charge is 0.306 e. The van der Waals surface area contributed by atoms with Gasteiger partial charge in [0.2, 0.25) is 5.88 Å². The number of benzene rings is 1. The van der Waals surface area contributed by atoms with E-state index in [-0.39, 0.29) is 17.8 Å². The number of nitrogens with zero attached hydrogens (tertiary/aromatic N) is 1. The Hall–Kier alpha value is -2.50. The molecule has 1 aromatic carbocycles. The van der Waals surface area contributed by atoms with E-state index in [1.807, 2.05) is 31.2 Å². The van der Waals surface area contributed by atoms with Gasteiger partial charge in [-0.2, -0.15) is 0 Å². The average molecular weight is 460 g/mol. The summed E-state index contributed by atoms with van der Waals surface area (Å²) >= 11 is 12.2. The lowest BCUT2D eigenvalue weighted by atomic mass is 9.86. The number of ether oxygens (including phenoxy) is 2. The van der Waals surface area contributed by atoms with Crippen LogP contribution in [0, 0.1) is 5.92 Å². The lowest BCUT2D eigenvalue weighted by Crippen LogP contribution is -2.14. The van der Waals surface area contributed by atoms with Gasteiger partial charge in [0, 0.05) is 29.5 Å². The van der Waals surface area contributed by atoms with Gasteiger partial charge in [-0.25, -0.2) is 4.98 Å². The molecule has 1 aliphatic rings. The van der Waals surface area contributed by atoms with Gasteiger partial charge in [0.1, 0.15) is 12.2 Å². The molecule has 2 heterocycles. The summed E-state index contributed by atoms with van der Waals surface area (Å²) in [5.41, 5.74) is 3.54. The quantitative estimate of drug-likeness (QED) is 0.361. The number of esters is 1. The van der Waals surface area contributed by atoms with E-state index in [4.69, 9.17) is 37.1 Å². The first-order chi connectivity index (χ1) is 15.0. The zero-order chi connectivity index (χ0) is 21.8. The first-order valence-corrected chi connectivity index (χ1v) is 11.1. The molecule has 1 unspecified atom stereocenters. The Labute approximate surface area is 190 Å². The molecule has 0 saturated heterocycles. The highest BCUT2D eigenvalue weighted by molar-refractivity contribution is 6.36. The Morgan fingerprint density at radius 1 is 1.26 bits per heavy atom. The molecule has 0 N–H and O–H groups in total. The molecule has 0 fully saturated rings. The number of hydrogen-bond acceptors (Lipinski definition) is 5. The Morgan fingerprint density at radius 3 is 2.90 bits per heavy atom. The van der Waals surface area contributed by atoms with E-state index in [1.54, 1.807) is 12.1 Å². The van der Waals surface area contributed by atoms with Crippen molar-refractivity contribution in [3.63, 3.8) is 0 Å². The molecule has 0 saturated carbocycles. The van der Waals surface area contributed by atoms with Crippen LogP contribution in [-0.2, 0) is 16.1 Å². The molecule has 31 heavy (non-hydrogen) atoms. The van der Waals surface area contributed by atoms with Crippen molar-refractivity contribution in [1.29, 1.82) is 0 Å². The van der Waals surface area contributed by atoms with Gasteiger partial charge in [0.15, 0.2) is 5.22 Å². The Morgan fingerprint density at radius 2 is 2.13 bits per heavy atom. The third kappa shape index (κ3) is 5.23. The van der Waals surface area contributed by atoms with E-state index in [1.165, 1.54) is 5.57 Å². The molecule has 162 valence electrons. The molecule has 5 nitrogen and oxygen atoms in total. The summed E-state index contributed by atoms with van der Waals surface area (Å²) in [5.74, 6) is 0.745. The van der Waals surface area contributed by atoms with E-state index in [9.17, 15) is 4.79 Å². The van der Waals surface area contributed by atoms with Gasteiger partial charge in [0.05, 0.1) is 17.3 Å². The monoisotopic (exact) mass is 459 g/mol. The standard InChI is InChI=1S/C24H23Cl2NO4/c1-2-29-23(28)12-15-6-8-16(9-7-15)20-4-3-5-22(27-20)30-14-17-10-11-19(25)18-13-21(26)31-24(17)18/h3-5,8,10-11,13,15H,2,6-7,9,12,14H2,1H3. The maximum absolute atomic E-state index is 11.7. The molecule has 1 aliphatic carbocycles. The maximum atomic E-state index is 11.7. The number of furan rings is 1. The number of aromatic nitrogens is 1. The number of pyridine rings is 1. The minimum atomic E-state index is -0.118. The first kappa shape index (κ1) is 21.7. The lowest BCUT2D eigenvalue weighted by molar-refractivity contribution is -0.144. The molecule has 0 radical (unpaired) electrons. The molecule has 0 spiro atoms. The average Bonchev–Trinajstić information content (AvgIpc) is 3.17. The van der Waals surface area contributed by atoms with Gasteiger partial charge in [-0.3, -0.25) is 4.79 Å². The van der Waals surface area contributed by atoms with Crippen LogP contribution in [0.3, 0.4) is 0 Å². The largest absolute Gasteiger partial charge is 0.473 e. The Balaban J connectivity index is 1.42. The van der Waals surface area contributed by atoms with Gasteiger partial charge in [0.25, 0.3) is 0 Å². The number of fused-ring (bicyclic) bond motifs is 1. The van der Waals surface area contributed by atoms with Crippen molar-refractivity contribution >= 4 is 45.7 Å². The van der Waals surface area contributed by atoms with E-state index in [0.717, 1.165) is 35.9 Å². The highest BCUT2D eigenvalue weighted by atomic mass is 35.5. The van der Waals surface area contributed by atoms with Crippen LogP contribution in [0.15, 0.2) is 46.9 Å². The van der Waals surface area contributed by atoms with Crippen LogP contribution in [0.2, 0.25) is 10.2 Å². The topological polar surface area (TPSA) is 61.6 Å². The summed E-state index contributed by atoms with van der Waals surface area (Å²) in [7, 11) is 0. The number of halogens is 2. The summed E-state index contributed by atoms with van der Waals surface area (Å²) in [6, 6.07) is 11.1. The first-order valence-electron chi connectivity index (χ1n) is 10.3. The maximum Gasteiger partial charge on any atom is 0.306 e. The van der Waals surface area contributed by atoms with Crippen molar-refractivity contribution in [1.82, 2.24) is 4.98 Å². The van der Waals surface area contributed by atoms with Crippen molar-refractivity contribution in [2.45, 2.75) is 39.2 Å². The number of carbonyl (C=O) groups excluding carboxylic acids is 1. The third-order valence-corrected chi connectivity index (χ3v) is 5.91. The molecule has 3 aromatic rings. The van der Waals surface area contributed by atoms with Crippen LogP contribution >= 0.6 is 23.2 Å². The predicted octanol–water partition coefficient (Wildman–Crippen LogP) is 6.85. The van der Waals surface area contributed by atoms with Gasteiger partial charge in [-0.05, 0) is 61.4 Å². The minimum absolute atomic E-state index is 0.118. The molecule has 0 amide bonds. The highest BCUT2D eigenvalue weighted by Gasteiger charge is 2.20. The van der Waals surface area contributed by atoms with E-state index >= 15 is 0 Å². The second-order valence-corrected chi connectivity index (χ2v) is 8.31. The lowest BCUT2D eigenvalue weighted by Gasteiger charge is -2.21. The summed E-state index contributed by atoms with van der Waals surface area (Å²) in [5, 5.41) is 1.63. The molecule has 4 rings (SSSR count). The van der Waals surface area contributed by atoms with Crippen molar-refractivity contribution in [3.8, 4) is 5.88 Å². The molecular formula is C24H23Cl2NO4. The summed E-state index contributed by atoms with van der Waals surface area (Å²) in [4.78, 5) is 16.4. The normalized spacial score (nSPS) is 16.2. The van der Waals surface area contributed by atoms with E-state index < -0.39 is 0 Å². The van der Waals surface area contributed by atoms with Crippen LogP contribution in [0.25, 0.3) is 16.5 Å². The summed E-state index contributed by atoms with van der Waals surface area (Å²) in [6.45, 7) is 2.54. The minimum Gasteiger partial charge on any atom is -0.473 e. The Kier molecular flexibility index (Phi) is 6.83. The van der Waals surface area contributed by atoms with Gasteiger partial charge in [-0.1, -0.05) is 29.8 Å². The van der Waals surface area contributed by atoms with Crippen molar-refractivity contribution in [2.75, 3.05) is 6.61 Å². The van der Waals surface area contributed by atoms with E-state index in [2.05, 4.69) is 11.1 Å². The number of allylic oxidation sites excluding steroid dienone is 2. The fraction of sp³-hybridized carbons (Fsp3) is 0.333.